The van der Waals surface area contributed by atoms with Crippen molar-refractivity contribution in [1.82, 2.24) is 0 Å². The summed E-state index contributed by atoms with van der Waals surface area (Å²) >= 11 is 0. The van der Waals surface area contributed by atoms with Crippen molar-refractivity contribution in [3.63, 3.8) is 0 Å². The van der Waals surface area contributed by atoms with Gasteiger partial charge in [0.25, 0.3) is 0 Å². The predicted octanol–water partition coefficient (Wildman–Crippen LogP) is -5.30. The van der Waals surface area contributed by atoms with Crippen molar-refractivity contribution in [1.29, 1.82) is 0 Å². The third-order valence-corrected chi connectivity index (χ3v) is 0.387. The average molecular weight is 142 g/mol. The van der Waals surface area contributed by atoms with E-state index in [-0.39, 0.29) is 20.3 Å². The second-order valence-electron chi connectivity index (χ2n) is 1.04. The van der Waals surface area contributed by atoms with Crippen LogP contribution in [0.15, 0.2) is 0 Å². The standard InChI is InChI=1S/C2H3BO6.Li.H/c4-1(5)2(6)9-3(7)8;;/h7-8H,(H,4,5);;/q;+1;-1. The van der Waals surface area contributed by atoms with E-state index in [2.05, 4.69) is 4.65 Å². The first kappa shape index (κ1) is 12.2. The van der Waals surface area contributed by atoms with Crippen LogP contribution in [0.5, 0.6) is 0 Å². The van der Waals surface area contributed by atoms with E-state index in [9.17, 15) is 9.59 Å². The van der Waals surface area contributed by atoms with Crippen molar-refractivity contribution in [3.8, 4) is 0 Å². The van der Waals surface area contributed by atoms with E-state index in [1.54, 1.807) is 0 Å². The monoisotopic (exact) mass is 142 g/mol. The molecule has 0 saturated heterocycles. The van der Waals surface area contributed by atoms with Crippen LogP contribution in [0.4, 0.5) is 0 Å². The summed E-state index contributed by atoms with van der Waals surface area (Å²) in [6, 6.07) is 0. The normalized spacial score (nSPS) is 7.40. The Kier molecular flexibility index (Phi) is 6.50. The Morgan fingerprint density at radius 1 is 1.40 bits per heavy atom. The molecule has 0 aromatic heterocycles. The SMILES string of the molecule is O=C(O)C(=O)OB(O)O.[H-].[Li+]. The minimum Gasteiger partial charge on any atom is -1.00 e. The van der Waals surface area contributed by atoms with Gasteiger partial charge in [-0.15, -0.1) is 0 Å². The van der Waals surface area contributed by atoms with Crippen LogP contribution < -0.4 is 18.9 Å². The van der Waals surface area contributed by atoms with E-state index >= 15 is 0 Å². The van der Waals surface area contributed by atoms with Crippen molar-refractivity contribution in [2.24, 2.45) is 0 Å². The molecule has 0 heterocycles. The van der Waals surface area contributed by atoms with Crippen LogP contribution in [0.1, 0.15) is 1.43 Å². The number of carbonyl (C=O) groups excluding carboxylic acids is 1. The summed E-state index contributed by atoms with van der Waals surface area (Å²) < 4.78 is 3.38. The summed E-state index contributed by atoms with van der Waals surface area (Å²) in [5.41, 5.74) is 0. The third kappa shape index (κ3) is 5.66. The molecule has 0 atom stereocenters. The molecule has 0 aromatic rings. The third-order valence-electron chi connectivity index (χ3n) is 0.387. The molecule has 10 heavy (non-hydrogen) atoms. The van der Waals surface area contributed by atoms with Crippen molar-refractivity contribution in [2.45, 2.75) is 0 Å². The summed E-state index contributed by atoms with van der Waals surface area (Å²) in [5.74, 6) is -3.58. The van der Waals surface area contributed by atoms with Crippen molar-refractivity contribution < 1.29 is 49.7 Å². The van der Waals surface area contributed by atoms with Gasteiger partial charge in [0.05, 0.1) is 0 Å². The topological polar surface area (TPSA) is 104 Å². The number of hydrogen-bond acceptors (Lipinski definition) is 5. The molecular weight excluding hydrogens is 138 g/mol. The van der Waals surface area contributed by atoms with Crippen LogP contribution in [-0.2, 0) is 14.2 Å². The smallest absolute Gasteiger partial charge is 1.00 e. The summed E-state index contributed by atoms with van der Waals surface area (Å²) in [6.45, 7) is 0. The Balaban J connectivity index is -0.000000320. The summed E-state index contributed by atoms with van der Waals surface area (Å²) in [6.07, 6.45) is 0. The number of rotatable bonds is 1. The van der Waals surface area contributed by atoms with Crippen molar-refractivity contribution >= 4 is 19.3 Å². The van der Waals surface area contributed by atoms with E-state index in [1.165, 1.54) is 0 Å². The van der Waals surface area contributed by atoms with Gasteiger partial charge in [0.2, 0.25) is 0 Å². The Bertz CT molecular complexity index is 139. The Morgan fingerprint density at radius 3 is 1.90 bits per heavy atom. The summed E-state index contributed by atoms with van der Waals surface area (Å²) in [4.78, 5) is 19.3. The zero-order chi connectivity index (χ0) is 7.44. The van der Waals surface area contributed by atoms with Gasteiger partial charge in [0.1, 0.15) is 0 Å². The van der Waals surface area contributed by atoms with Gasteiger partial charge in [-0.3, -0.25) is 0 Å². The molecule has 0 unspecified atom stereocenters. The predicted molar refractivity (Wildman–Crippen MR) is 25.0 cm³/mol. The van der Waals surface area contributed by atoms with Crippen LogP contribution in [-0.4, -0.2) is 34.4 Å². The average Bonchev–Trinajstić information content (AvgIpc) is 1.63. The summed E-state index contributed by atoms with van der Waals surface area (Å²) in [7, 11) is -2.37. The van der Waals surface area contributed by atoms with Crippen LogP contribution in [0, 0.1) is 0 Å². The molecule has 6 nitrogen and oxygen atoms in total. The second kappa shape index (κ2) is 5.32. The number of hydrogen-bond donors (Lipinski definition) is 3. The maximum Gasteiger partial charge on any atom is 1.00 e. The van der Waals surface area contributed by atoms with E-state index in [4.69, 9.17) is 15.2 Å². The molecule has 0 saturated carbocycles. The first-order valence-electron chi connectivity index (χ1n) is 1.84. The molecule has 0 fully saturated rings. The largest absolute Gasteiger partial charge is 1.00 e. The molecule has 0 amide bonds. The van der Waals surface area contributed by atoms with E-state index in [0.717, 1.165) is 0 Å². The van der Waals surface area contributed by atoms with Gasteiger partial charge in [0.15, 0.2) is 0 Å². The van der Waals surface area contributed by atoms with E-state index in [0.29, 0.717) is 0 Å². The van der Waals surface area contributed by atoms with Gasteiger partial charge in [-0.1, -0.05) is 0 Å². The molecule has 0 aliphatic heterocycles. The molecular formula is C2H4BLiO6. The van der Waals surface area contributed by atoms with Gasteiger partial charge in [-0.05, 0) is 0 Å². The molecule has 0 radical (unpaired) electrons. The number of aliphatic carboxylic acids is 1. The first-order chi connectivity index (χ1) is 4.04. The number of carboxylic acid groups (broad SMARTS) is 1. The fourth-order valence-electron chi connectivity index (χ4n) is 0.146. The molecule has 0 rings (SSSR count). The van der Waals surface area contributed by atoms with E-state index < -0.39 is 19.3 Å². The fourth-order valence-corrected chi connectivity index (χ4v) is 0.146. The Hall–Kier alpha value is -0.478. The fraction of sp³-hybridized carbons (Fsp3) is 0. The zero-order valence-electron chi connectivity index (χ0n) is 6.14. The van der Waals surface area contributed by atoms with Gasteiger partial charge >= 0.3 is 38.1 Å². The van der Waals surface area contributed by atoms with Crippen LogP contribution in [0.2, 0.25) is 0 Å². The Morgan fingerprint density at radius 2 is 1.80 bits per heavy atom. The molecule has 0 aliphatic carbocycles. The maximum absolute atomic E-state index is 9.81. The van der Waals surface area contributed by atoms with Gasteiger partial charge in [0, 0.05) is 0 Å². The second-order valence-corrected chi connectivity index (χ2v) is 1.04. The van der Waals surface area contributed by atoms with Crippen molar-refractivity contribution in [2.75, 3.05) is 0 Å². The minimum absolute atomic E-state index is 0. The Labute approximate surface area is 69.6 Å². The minimum atomic E-state index is -2.37. The van der Waals surface area contributed by atoms with E-state index in [1.807, 2.05) is 0 Å². The summed E-state index contributed by atoms with van der Waals surface area (Å²) in [5, 5.41) is 23.4. The number of carboxylic acids is 1. The van der Waals surface area contributed by atoms with Gasteiger partial charge < -0.3 is 21.2 Å². The molecule has 52 valence electrons. The molecule has 3 N–H and O–H groups in total. The molecule has 0 aliphatic rings. The molecule has 0 bridgehead atoms. The first-order valence-corrected chi connectivity index (χ1v) is 1.84. The molecule has 0 aromatic carbocycles. The zero-order valence-corrected chi connectivity index (χ0v) is 5.14. The van der Waals surface area contributed by atoms with Crippen LogP contribution >= 0.6 is 0 Å². The van der Waals surface area contributed by atoms with Crippen molar-refractivity contribution in [3.05, 3.63) is 0 Å². The molecule has 8 heteroatoms. The van der Waals surface area contributed by atoms with Crippen LogP contribution in [0.25, 0.3) is 0 Å². The quantitative estimate of drug-likeness (QED) is 0.249. The van der Waals surface area contributed by atoms with Gasteiger partial charge in [-0.2, -0.15) is 0 Å². The number of carbonyl (C=O) groups is 2. The van der Waals surface area contributed by atoms with Gasteiger partial charge in [-0.25, -0.2) is 9.59 Å². The van der Waals surface area contributed by atoms with Crippen LogP contribution in [0.3, 0.4) is 0 Å². The maximum atomic E-state index is 9.81. The molecule has 0 spiro atoms.